The van der Waals surface area contributed by atoms with Crippen molar-refractivity contribution in [3.05, 3.63) is 23.8 Å². The average Bonchev–Trinajstić information content (AvgIpc) is 2.88. The highest BCUT2D eigenvalue weighted by atomic mass is 35.5. The molecule has 1 aromatic carbocycles. The summed E-state index contributed by atoms with van der Waals surface area (Å²) in [7, 11) is -3.22. The first kappa shape index (κ1) is 20.0. The Balaban J connectivity index is 0.00000225. The van der Waals surface area contributed by atoms with Gasteiger partial charge >= 0.3 is 0 Å². The Hall–Kier alpha value is -1.31. The van der Waals surface area contributed by atoms with Gasteiger partial charge < -0.3 is 10.6 Å². The molecule has 2 aliphatic heterocycles. The third-order valence-corrected chi connectivity index (χ3v) is 6.69. The number of nitrogens with zero attached hydrogens (tertiary/aromatic N) is 1. The van der Waals surface area contributed by atoms with Crippen LogP contribution in [0.1, 0.15) is 31.7 Å². The topological polar surface area (TPSA) is 78.5 Å². The van der Waals surface area contributed by atoms with Gasteiger partial charge in [0.1, 0.15) is 0 Å². The second-order valence-corrected chi connectivity index (χ2v) is 8.82. The fraction of sp³-hybridized carbons (Fsp3) is 0.588. The van der Waals surface area contributed by atoms with Crippen molar-refractivity contribution in [2.45, 2.75) is 39.2 Å². The molecule has 1 amide bonds. The summed E-state index contributed by atoms with van der Waals surface area (Å²) in [5, 5.41) is 6.30. The first-order chi connectivity index (χ1) is 11.4. The van der Waals surface area contributed by atoms with Gasteiger partial charge in [0, 0.05) is 24.2 Å². The lowest BCUT2D eigenvalue weighted by atomic mass is 9.92. The van der Waals surface area contributed by atoms with Gasteiger partial charge in [-0.25, -0.2) is 8.42 Å². The third-order valence-electron chi connectivity index (χ3n) is 4.84. The normalized spacial score (nSPS) is 25.3. The number of amides is 1. The molecular formula is C17H26ClN3O3S. The van der Waals surface area contributed by atoms with Crippen LogP contribution < -0.4 is 14.9 Å². The number of aryl methyl sites for hydroxylation is 1. The fourth-order valence-corrected chi connectivity index (χ4v) is 5.10. The summed E-state index contributed by atoms with van der Waals surface area (Å²) in [4.78, 5) is 12.5. The molecular weight excluding hydrogens is 362 g/mol. The van der Waals surface area contributed by atoms with Crippen LogP contribution in [0.15, 0.2) is 18.2 Å². The maximum atomic E-state index is 12.5. The van der Waals surface area contributed by atoms with Gasteiger partial charge in [0.2, 0.25) is 15.9 Å². The smallest absolute Gasteiger partial charge is 0.235 e. The first-order valence-corrected chi connectivity index (χ1v) is 10.1. The van der Waals surface area contributed by atoms with Crippen LogP contribution in [0, 0.1) is 12.8 Å². The number of hydrogen-bond donors (Lipinski definition) is 2. The molecule has 6 nitrogen and oxygen atoms in total. The van der Waals surface area contributed by atoms with Crippen molar-refractivity contribution in [3.8, 4) is 0 Å². The molecule has 2 heterocycles. The van der Waals surface area contributed by atoms with Gasteiger partial charge in [-0.3, -0.25) is 9.10 Å². The summed E-state index contributed by atoms with van der Waals surface area (Å²) >= 11 is 0. The molecule has 2 N–H and O–H groups in total. The van der Waals surface area contributed by atoms with E-state index in [9.17, 15) is 13.2 Å². The lowest BCUT2D eigenvalue weighted by Gasteiger charge is -2.27. The van der Waals surface area contributed by atoms with Crippen molar-refractivity contribution >= 4 is 39.7 Å². The predicted molar refractivity (Wildman–Crippen MR) is 103 cm³/mol. The van der Waals surface area contributed by atoms with Gasteiger partial charge in [0.15, 0.2) is 0 Å². The van der Waals surface area contributed by atoms with E-state index in [0.29, 0.717) is 30.4 Å². The molecule has 0 aromatic heterocycles. The molecule has 25 heavy (non-hydrogen) atoms. The van der Waals surface area contributed by atoms with E-state index in [1.165, 1.54) is 4.31 Å². The second kappa shape index (κ2) is 7.93. The van der Waals surface area contributed by atoms with Crippen molar-refractivity contribution in [2.24, 2.45) is 5.92 Å². The molecule has 3 rings (SSSR count). The summed E-state index contributed by atoms with van der Waals surface area (Å²) in [5.41, 5.74) is 2.23. The predicted octanol–water partition coefficient (Wildman–Crippen LogP) is 2.28. The Kier molecular flexibility index (Phi) is 6.35. The first-order valence-electron chi connectivity index (χ1n) is 8.52. The van der Waals surface area contributed by atoms with Crippen LogP contribution in [0.5, 0.6) is 0 Å². The average molecular weight is 388 g/mol. The molecule has 0 spiro atoms. The SMILES string of the molecule is Cc1ccc(NC(=O)[C@H]2CCN[C@@H](C)C2)cc1N1CCCS1(=O)=O.Cl. The largest absolute Gasteiger partial charge is 0.326 e. The Labute approximate surface area is 155 Å². The molecule has 0 radical (unpaired) electrons. The fourth-order valence-electron chi connectivity index (χ4n) is 3.48. The van der Waals surface area contributed by atoms with E-state index in [1.807, 2.05) is 19.1 Å². The van der Waals surface area contributed by atoms with E-state index in [-0.39, 0.29) is 30.0 Å². The number of nitrogens with one attached hydrogen (secondary N) is 2. The van der Waals surface area contributed by atoms with Gasteiger partial charge in [-0.2, -0.15) is 0 Å². The van der Waals surface area contributed by atoms with E-state index in [4.69, 9.17) is 0 Å². The Morgan fingerprint density at radius 1 is 1.36 bits per heavy atom. The highest BCUT2D eigenvalue weighted by Gasteiger charge is 2.30. The number of hydrogen-bond acceptors (Lipinski definition) is 4. The van der Waals surface area contributed by atoms with Crippen LogP contribution in [0.25, 0.3) is 0 Å². The summed E-state index contributed by atoms with van der Waals surface area (Å²) in [6, 6.07) is 5.83. The zero-order valence-corrected chi connectivity index (χ0v) is 16.3. The molecule has 2 aliphatic rings. The van der Waals surface area contributed by atoms with Gasteiger partial charge in [-0.15, -0.1) is 12.4 Å². The van der Waals surface area contributed by atoms with E-state index in [1.54, 1.807) is 6.07 Å². The maximum absolute atomic E-state index is 12.5. The molecule has 0 aliphatic carbocycles. The zero-order chi connectivity index (χ0) is 17.3. The zero-order valence-electron chi connectivity index (χ0n) is 14.6. The van der Waals surface area contributed by atoms with Gasteiger partial charge in [-0.1, -0.05) is 6.07 Å². The van der Waals surface area contributed by atoms with Crippen LogP contribution in [-0.2, 0) is 14.8 Å². The van der Waals surface area contributed by atoms with Crippen LogP contribution in [0.2, 0.25) is 0 Å². The van der Waals surface area contributed by atoms with Crippen molar-refractivity contribution in [1.82, 2.24) is 5.32 Å². The monoisotopic (exact) mass is 387 g/mol. The van der Waals surface area contributed by atoms with Crippen LogP contribution >= 0.6 is 12.4 Å². The summed E-state index contributed by atoms with van der Waals surface area (Å²) in [6.45, 7) is 5.34. The summed E-state index contributed by atoms with van der Waals surface area (Å²) in [6.07, 6.45) is 2.30. The number of carbonyl (C=O) groups excluding carboxylic acids is 1. The summed E-state index contributed by atoms with van der Waals surface area (Å²) in [5.74, 6) is 0.208. The minimum atomic E-state index is -3.22. The molecule has 0 bridgehead atoms. The highest BCUT2D eigenvalue weighted by molar-refractivity contribution is 7.93. The molecule has 2 fully saturated rings. The van der Waals surface area contributed by atoms with Crippen LogP contribution in [0.4, 0.5) is 11.4 Å². The number of carbonyl (C=O) groups is 1. The maximum Gasteiger partial charge on any atom is 0.235 e. The van der Waals surface area contributed by atoms with Gasteiger partial charge in [0.05, 0.1) is 11.4 Å². The number of sulfonamides is 1. The molecule has 2 atom stereocenters. The van der Waals surface area contributed by atoms with E-state index in [0.717, 1.165) is 24.9 Å². The van der Waals surface area contributed by atoms with E-state index >= 15 is 0 Å². The molecule has 8 heteroatoms. The Morgan fingerprint density at radius 2 is 2.12 bits per heavy atom. The minimum absolute atomic E-state index is 0. The quantitative estimate of drug-likeness (QED) is 0.834. The summed E-state index contributed by atoms with van der Waals surface area (Å²) < 4.78 is 25.8. The lowest BCUT2D eigenvalue weighted by Crippen LogP contribution is -2.40. The molecule has 0 saturated carbocycles. The molecule has 0 unspecified atom stereocenters. The van der Waals surface area contributed by atoms with Gasteiger partial charge in [-0.05, 0) is 57.4 Å². The number of anilines is 2. The number of rotatable bonds is 3. The minimum Gasteiger partial charge on any atom is -0.326 e. The molecule has 140 valence electrons. The number of piperidine rings is 1. The van der Waals surface area contributed by atoms with Crippen LogP contribution in [0.3, 0.4) is 0 Å². The van der Waals surface area contributed by atoms with Gasteiger partial charge in [0.25, 0.3) is 0 Å². The van der Waals surface area contributed by atoms with E-state index < -0.39 is 10.0 Å². The van der Waals surface area contributed by atoms with Crippen LogP contribution in [-0.4, -0.2) is 39.2 Å². The number of benzene rings is 1. The van der Waals surface area contributed by atoms with Crippen molar-refractivity contribution in [3.63, 3.8) is 0 Å². The Bertz CT molecular complexity index is 739. The van der Waals surface area contributed by atoms with Crippen molar-refractivity contribution < 1.29 is 13.2 Å². The van der Waals surface area contributed by atoms with Crippen molar-refractivity contribution in [1.29, 1.82) is 0 Å². The second-order valence-electron chi connectivity index (χ2n) is 6.81. The van der Waals surface area contributed by atoms with E-state index in [2.05, 4.69) is 17.6 Å². The Morgan fingerprint density at radius 3 is 2.76 bits per heavy atom. The lowest BCUT2D eigenvalue weighted by molar-refractivity contribution is -0.120. The highest BCUT2D eigenvalue weighted by Crippen LogP contribution is 2.30. The molecule has 1 aromatic rings. The molecule has 2 saturated heterocycles. The third kappa shape index (κ3) is 4.46. The van der Waals surface area contributed by atoms with Crippen molar-refractivity contribution in [2.75, 3.05) is 28.5 Å². The number of halogens is 1. The standard InChI is InChI=1S/C17H25N3O3S.ClH/c1-12-4-5-15(11-16(12)20-8-3-9-24(20,22)23)19-17(21)14-6-7-18-13(2)10-14;/h4-5,11,13-14,18H,3,6-10H2,1-2H3,(H,19,21);1H/t13-,14-;/m0./s1.